The Kier molecular flexibility index (Phi) is 4.66. The van der Waals surface area contributed by atoms with Crippen molar-refractivity contribution in [2.24, 2.45) is 0 Å². The van der Waals surface area contributed by atoms with Crippen LogP contribution in [0.4, 0.5) is 24.5 Å². The number of alkyl halides is 3. The first-order chi connectivity index (χ1) is 9.88. The summed E-state index contributed by atoms with van der Waals surface area (Å²) in [4.78, 5) is 10.1. The fourth-order valence-electron chi connectivity index (χ4n) is 2.39. The standard InChI is InChI=1S/C13H16F3N3O2/c14-13(15,16)9-3-4-11(12(8-9)19(20)21)18-7-5-10-2-1-6-17-10/h3-4,8,10,17-18H,1-2,5-7H2/t10-/m1/s1. The zero-order valence-electron chi connectivity index (χ0n) is 11.2. The first-order valence-electron chi connectivity index (χ1n) is 6.71. The van der Waals surface area contributed by atoms with E-state index in [1.807, 2.05) is 0 Å². The van der Waals surface area contributed by atoms with Crippen molar-refractivity contribution >= 4 is 11.4 Å². The van der Waals surface area contributed by atoms with Gasteiger partial charge in [0.05, 0.1) is 10.5 Å². The number of benzene rings is 1. The van der Waals surface area contributed by atoms with Crippen molar-refractivity contribution in [3.63, 3.8) is 0 Å². The van der Waals surface area contributed by atoms with E-state index in [0.29, 0.717) is 18.7 Å². The van der Waals surface area contributed by atoms with Crippen LogP contribution in [0.2, 0.25) is 0 Å². The van der Waals surface area contributed by atoms with Gasteiger partial charge in [-0.05, 0) is 37.9 Å². The molecule has 2 rings (SSSR count). The normalized spacial score (nSPS) is 18.7. The summed E-state index contributed by atoms with van der Waals surface area (Å²) in [6.07, 6.45) is -1.66. The SMILES string of the molecule is O=[N+]([O-])c1cc(C(F)(F)F)ccc1NCC[C@H]1CCCN1. The average Bonchev–Trinajstić information content (AvgIpc) is 2.90. The summed E-state index contributed by atoms with van der Waals surface area (Å²) in [5.41, 5.74) is -1.45. The van der Waals surface area contributed by atoms with Crippen molar-refractivity contribution in [3.8, 4) is 0 Å². The van der Waals surface area contributed by atoms with Crippen molar-refractivity contribution in [3.05, 3.63) is 33.9 Å². The lowest BCUT2D eigenvalue weighted by Crippen LogP contribution is -2.24. The molecule has 0 saturated carbocycles. The molecular formula is C13H16F3N3O2. The number of hydrogen-bond donors (Lipinski definition) is 2. The van der Waals surface area contributed by atoms with Gasteiger partial charge in [0.15, 0.2) is 0 Å². The van der Waals surface area contributed by atoms with Crippen LogP contribution in [0.25, 0.3) is 0 Å². The van der Waals surface area contributed by atoms with Crippen molar-refractivity contribution < 1.29 is 18.1 Å². The molecule has 1 aliphatic rings. The number of nitrogens with zero attached hydrogens (tertiary/aromatic N) is 1. The third kappa shape index (κ3) is 4.07. The summed E-state index contributed by atoms with van der Waals surface area (Å²) in [6.45, 7) is 1.44. The number of hydrogen-bond acceptors (Lipinski definition) is 4. The molecule has 21 heavy (non-hydrogen) atoms. The van der Waals surface area contributed by atoms with E-state index in [0.717, 1.165) is 37.9 Å². The Morgan fingerprint density at radius 3 is 2.76 bits per heavy atom. The van der Waals surface area contributed by atoms with Gasteiger partial charge in [-0.2, -0.15) is 13.2 Å². The van der Waals surface area contributed by atoms with Crippen molar-refractivity contribution in [1.29, 1.82) is 0 Å². The second-order valence-electron chi connectivity index (χ2n) is 5.00. The van der Waals surface area contributed by atoms with Crippen LogP contribution < -0.4 is 10.6 Å². The Hall–Kier alpha value is -1.83. The van der Waals surface area contributed by atoms with Gasteiger partial charge in [-0.1, -0.05) is 0 Å². The summed E-state index contributed by atoms with van der Waals surface area (Å²) in [7, 11) is 0. The molecule has 0 bridgehead atoms. The maximum atomic E-state index is 12.6. The molecule has 0 unspecified atom stereocenters. The van der Waals surface area contributed by atoms with E-state index in [1.165, 1.54) is 0 Å². The Morgan fingerprint density at radius 2 is 2.19 bits per heavy atom. The van der Waals surface area contributed by atoms with E-state index in [4.69, 9.17) is 0 Å². The molecule has 0 spiro atoms. The van der Waals surface area contributed by atoms with Crippen molar-refractivity contribution in [2.75, 3.05) is 18.4 Å². The Balaban J connectivity index is 2.05. The van der Waals surface area contributed by atoms with Crippen LogP contribution >= 0.6 is 0 Å². The van der Waals surface area contributed by atoms with E-state index >= 15 is 0 Å². The number of nitro groups is 1. The summed E-state index contributed by atoms with van der Waals surface area (Å²) >= 11 is 0. The quantitative estimate of drug-likeness (QED) is 0.647. The van der Waals surface area contributed by atoms with Crippen LogP contribution in [0.3, 0.4) is 0 Å². The number of halogens is 3. The molecule has 1 atom stereocenters. The van der Waals surface area contributed by atoms with Gasteiger partial charge in [0.1, 0.15) is 5.69 Å². The summed E-state index contributed by atoms with van der Waals surface area (Å²) in [5.74, 6) is 0. The number of nitrogens with one attached hydrogen (secondary N) is 2. The van der Waals surface area contributed by atoms with Gasteiger partial charge in [0, 0.05) is 18.7 Å². The molecule has 0 aromatic heterocycles. The maximum absolute atomic E-state index is 12.6. The molecular weight excluding hydrogens is 287 g/mol. The molecule has 1 aliphatic heterocycles. The van der Waals surface area contributed by atoms with E-state index in [9.17, 15) is 23.3 Å². The Morgan fingerprint density at radius 1 is 1.43 bits per heavy atom. The second-order valence-corrected chi connectivity index (χ2v) is 5.00. The molecule has 1 heterocycles. The molecule has 0 amide bonds. The minimum Gasteiger partial charge on any atom is -0.379 e. The minimum absolute atomic E-state index is 0.117. The van der Waals surface area contributed by atoms with Crippen LogP contribution in [0, 0.1) is 10.1 Å². The molecule has 1 fully saturated rings. The van der Waals surface area contributed by atoms with Crippen LogP contribution in [0.15, 0.2) is 18.2 Å². The topological polar surface area (TPSA) is 67.2 Å². The molecule has 5 nitrogen and oxygen atoms in total. The van der Waals surface area contributed by atoms with Crippen LogP contribution in [0.5, 0.6) is 0 Å². The molecule has 1 aromatic rings. The highest BCUT2D eigenvalue weighted by Crippen LogP contribution is 2.34. The van der Waals surface area contributed by atoms with Gasteiger partial charge in [0.25, 0.3) is 5.69 Å². The summed E-state index contributed by atoms with van der Waals surface area (Å²) < 4.78 is 37.7. The maximum Gasteiger partial charge on any atom is 0.416 e. The highest BCUT2D eigenvalue weighted by Gasteiger charge is 2.33. The first-order valence-corrected chi connectivity index (χ1v) is 6.71. The van der Waals surface area contributed by atoms with E-state index < -0.39 is 22.4 Å². The highest BCUT2D eigenvalue weighted by atomic mass is 19.4. The molecule has 0 radical (unpaired) electrons. The van der Waals surface area contributed by atoms with Crippen molar-refractivity contribution in [2.45, 2.75) is 31.5 Å². The van der Waals surface area contributed by atoms with Gasteiger partial charge in [-0.25, -0.2) is 0 Å². The number of nitro benzene ring substituents is 1. The zero-order valence-corrected chi connectivity index (χ0v) is 11.2. The lowest BCUT2D eigenvalue weighted by atomic mass is 10.1. The van der Waals surface area contributed by atoms with E-state index in [2.05, 4.69) is 10.6 Å². The zero-order chi connectivity index (χ0) is 15.5. The van der Waals surface area contributed by atoms with Crippen LogP contribution in [-0.2, 0) is 6.18 Å². The first kappa shape index (κ1) is 15.6. The average molecular weight is 303 g/mol. The molecule has 116 valence electrons. The monoisotopic (exact) mass is 303 g/mol. The lowest BCUT2D eigenvalue weighted by Gasteiger charge is -2.13. The fourth-order valence-corrected chi connectivity index (χ4v) is 2.39. The Bertz CT molecular complexity index is 514. The smallest absolute Gasteiger partial charge is 0.379 e. The largest absolute Gasteiger partial charge is 0.416 e. The number of rotatable bonds is 5. The molecule has 2 N–H and O–H groups in total. The van der Waals surface area contributed by atoms with E-state index in [1.54, 1.807) is 0 Å². The highest BCUT2D eigenvalue weighted by molar-refractivity contribution is 5.62. The molecule has 8 heteroatoms. The second kappa shape index (κ2) is 6.30. The van der Waals surface area contributed by atoms with Gasteiger partial charge >= 0.3 is 6.18 Å². The third-order valence-corrected chi connectivity index (χ3v) is 3.49. The van der Waals surface area contributed by atoms with Gasteiger partial charge in [-0.3, -0.25) is 10.1 Å². The Labute approximate surface area is 119 Å². The molecule has 1 saturated heterocycles. The predicted octanol–water partition coefficient (Wildman–Crippen LogP) is 3.17. The molecule has 1 aromatic carbocycles. The van der Waals surface area contributed by atoms with Gasteiger partial charge in [0.2, 0.25) is 0 Å². The fraction of sp³-hybridized carbons (Fsp3) is 0.538. The third-order valence-electron chi connectivity index (χ3n) is 3.49. The predicted molar refractivity (Wildman–Crippen MR) is 72.2 cm³/mol. The van der Waals surface area contributed by atoms with Crippen LogP contribution in [0.1, 0.15) is 24.8 Å². The molecule has 0 aliphatic carbocycles. The summed E-state index contributed by atoms with van der Waals surface area (Å²) in [5, 5.41) is 17.0. The lowest BCUT2D eigenvalue weighted by molar-refractivity contribution is -0.384. The van der Waals surface area contributed by atoms with Crippen molar-refractivity contribution in [1.82, 2.24) is 5.32 Å². The van der Waals surface area contributed by atoms with Crippen LogP contribution in [-0.4, -0.2) is 24.1 Å². The van der Waals surface area contributed by atoms with Gasteiger partial charge < -0.3 is 10.6 Å². The minimum atomic E-state index is -4.59. The number of anilines is 1. The summed E-state index contributed by atoms with van der Waals surface area (Å²) in [6, 6.07) is 2.90. The van der Waals surface area contributed by atoms with E-state index in [-0.39, 0.29) is 5.69 Å². The van der Waals surface area contributed by atoms with Gasteiger partial charge in [-0.15, -0.1) is 0 Å².